The van der Waals surface area contributed by atoms with E-state index in [1.54, 1.807) is 11.3 Å². The van der Waals surface area contributed by atoms with Crippen LogP contribution in [0.5, 0.6) is 0 Å². The van der Waals surface area contributed by atoms with Crippen LogP contribution in [0.3, 0.4) is 0 Å². The van der Waals surface area contributed by atoms with Gasteiger partial charge in [-0.25, -0.2) is 9.97 Å². The van der Waals surface area contributed by atoms with E-state index in [2.05, 4.69) is 15.2 Å². The molecule has 0 amide bonds. The molecule has 0 saturated carbocycles. The van der Waals surface area contributed by atoms with E-state index < -0.39 is 0 Å². The first-order valence-corrected chi connectivity index (χ1v) is 11.2. The van der Waals surface area contributed by atoms with Crippen molar-refractivity contribution < 1.29 is 4.42 Å². The number of nitrogens with two attached hydrogens (primary N) is 1. The number of aromatic nitrogens is 4. The van der Waals surface area contributed by atoms with Crippen LogP contribution < -0.4 is 5.73 Å². The van der Waals surface area contributed by atoms with Gasteiger partial charge in [0.15, 0.2) is 0 Å². The fourth-order valence-electron chi connectivity index (χ4n) is 3.56. The summed E-state index contributed by atoms with van der Waals surface area (Å²) in [6.07, 6.45) is 5.96. The van der Waals surface area contributed by atoms with Gasteiger partial charge in [0.05, 0.1) is 11.1 Å². The molecule has 8 heteroatoms. The lowest BCUT2D eigenvalue weighted by atomic mass is 10.1. The Hall–Kier alpha value is -2.45. The van der Waals surface area contributed by atoms with Crippen LogP contribution in [0.1, 0.15) is 35.5 Å². The molecule has 1 aliphatic rings. The normalized spacial score (nSPS) is 14.1. The van der Waals surface area contributed by atoms with E-state index in [0.717, 1.165) is 28.6 Å². The van der Waals surface area contributed by atoms with Crippen molar-refractivity contribution in [2.24, 2.45) is 0 Å². The number of benzene rings is 1. The number of anilines is 1. The molecular weight excluding hydrogens is 390 g/mol. The molecule has 0 unspecified atom stereocenters. The second kappa shape index (κ2) is 7.52. The third-order valence-corrected chi connectivity index (χ3v) is 6.89. The number of fused-ring (bicyclic) bond motifs is 3. The molecule has 6 nitrogen and oxygen atoms in total. The van der Waals surface area contributed by atoms with Crippen molar-refractivity contribution in [3.63, 3.8) is 0 Å². The van der Waals surface area contributed by atoms with Crippen molar-refractivity contribution >= 4 is 39.1 Å². The quantitative estimate of drug-likeness (QED) is 0.379. The number of nitrogens with zero attached hydrogens (tertiary/aromatic N) is 4. The first-order chi connectivity index (χ1) is 13.8. The van der Waals surface area contributed by atoms with Crippen molar-refractivity contribution in [3.05, 3.63) is 46.6 Å². The van der Waals surface area contributed by atoms with Crippen LogP contribution in [0, 0.1) is 0 Å². The molecule has 1 aliphatic carbocycles. The fraction of sp³-hybridized carbons (Fsp3) is 0.300. The molecule has 28 heavy (non-hydrogen) atoms. The van der Waals surface area contributed by atoms with Gasteiger partial charge >= 0.3 is 0 Å². The molecule has 0 spiro atoms. The molecule has 3 aromatic heterocycles. The summed E-state index contributed by atoms with van der Waals surface area (Å²) in [5, 5.41) is 9.81. The Balaban J connectivity index is 1.37. The van der Waals surface area contributed by atoms with E-state index in [4.69, 9.17) is 15.1 Å². The van der Waals surface area contributed by atoms with Gasteiger partial charge in [0, 0.05) is 10.4 Å². The van der Waals surface area contributed by atoms with Gasteiger partial charge in [-0.15, -0.1) is 21.5 Å². The minimum atomic E-state index is 0.503. The first kappa shape index (κ1) is 17.6. The first-order valence-electron chi connectivity index (χ1n) is 9.36. The Kier molecular flexibility index (Phi) is 4.74. The molecule has 4 aromatic rings. The van der Waals surface area contributed by atoms with Crippen LogP contribution in [-0.4, -0.2) is 20.2 Å². The van der Waals surface area contributed by atoms with Crippen molar-refractivity contribution in [1.29, 1.82) is 0 Å². The summed E-state index contributed by atoms with van der Waals surface area (Å²) in [7, 11) is 0. The Morgan fingerprint density at radius 2 is 1.89 bits per heavy atom. The Morgan fingerprint density at radius 3 is 2.79 bits per heavy atom. The number of thioether (sulfide) groups is 1. The Morgan fingerprint density at radius 1 is 1.04 bits per heavy atom. The molecule has 0 aliphatic heterocycles. The topological polar surface area (TPSA) is 90.7 Å². The number of thiophene rings is 1. The van der Waals surface area contributed by atoms with Gasteiger partial charge in [0.1, 0.15) is 16.5 Å². The lowest BCUT2D eigenvalue weighted by molar-refractivity contribution is 0.465. The van der Waals surface area contributed by atoms with Crippen LogP contribution in [0.25, 0.3) is 21.7 Å². The second-order valence-corrected chi connectivity index (χ2v) is 8.81. The zero-order chi connectivity index (χ0) is 18.9. The minimum Gasteiger partial charge on any atom is -0.411 e. The van der Waals surface area contributed by atoms with Gasteiger partial charge in [-0.2, -0.15) is 0 Å². The molecule has 0 atom stereocenters. The van der Waals surface area contributed by atoms with Gasteiger partial charge < -0.3 is 10.2 Å². The molecule has 2 N–H and O–H groups in total. The molecule has 5 rings (SSSR count). The number of hydrogen-bond donors (Lipinski definition) is 1. The zero-order valence-corrected chi connectivity index (χ0v) is 16.9. The van der Waals surface area contributed by atoms with Crippen LogP contribution in [0.4, 0.5) is 5.82 Å². The van der Waals surface area contributed by atoms with Gasteiger partial charge in [-0.3, -0.25) is 0 Å². The SMILES string of the molecule is Nc1nc(CSc2nnc(-c3ccccc3)o2)nc2sc3c(c12)CCCCC3. The largest absolute Gasteiger partial charge is 0.411 e. The van der Waals surface area contributed by atoms with E-state index in [-0.39, 0.29) is 0 Å². The smallest absolute Gasteiger partial charge is 0.277 e. The van der Waals surface area contributed by atoms with Crippen molar-refractivity contribution in [3.8, 4) is 11.5 Å². The molecule has 142 valence electrons. The van der Waals surface area contributed by atoms with Gasteiger partial charge in [-0.05, 0) is 43.4 Å². The average Bonchev–Trinajstić information content (AvgIpc) is 3.26. The molecule has 1 aromatic carbocycles. The maximum Gasteiger partial charge on any atom is 0.277 e. The summed E-state index contributed by atoms with van der Waals surface area (Å²) in [5.41, 5.74) is 8.60. The van der Waals surface area contributed by atoms with Gasteiger partial charge in [-0.1, -0.05) is 36.4 Å². The summed E-state index contributed by atoms with van der Waals surface area (Å²) < 4.78 is 5.75. The molecule has 0 bridgehead atoms. The highest BCUT2D eigenvalue weighted by atomic mass is 32.2. The highest BCUT2D eigenvalue weighted by Crippen LogP contribution is 2.37. The predicted molar refractivity (Wildman–Crippen MR) is 112 cm³/mol. The van der Waals surface area contributed by atoms with Gasteiger partial charge in [0.2, 0.25) is 5.89 Å². The third-order valence-electron chi connectivity index (χ3n) is 4.89. The Bertz CT molecular complexity index is 1120. The molecule has 0 fully saturated rings. The summed E-state index contributed by atoms with van der Waals surface area (Å²) in [4.78, 5) is 11.8. The Labute approximate surface area is 170 Å². The highest BCUT2D eigenvalue weighted by molar-refractivity contribution is 7.98. The third kappa shape index (κ3) is 3.38. The van der Waals surface area contributed by atoms with Crippen molar-refractivity contribution in [2.45, 2.75) is 43.1 Å². The van der Waals surface area contributed by atoms with Gasteiger partial charge in [0.25, 0.3) is 5.22 Å². The van der Waals surface area contributed by atoms with E-state index in [9.17, 15) is 0 Å². The lowest BCUT2D eigenvalue weighted by Crippen LogP contribution is -2.00. The summed E-state index contributed by atoms with van der Waals surface area (Å²) in [6.45, 7) is 0. The summed E-state index contributed by atoms with van der Waals surface area (Å²) >= 11 is 3.20. The van der Waals surface area contributed by atoms with E-state index in [1.165, 1.54) is 41.5 Å². The summed E-state index contributed by atoms with van der Waals surface area (Å²) in [5.74, 6) is 2.35. The fourth-order valence-corrected chi connectivity index (χ4v) is 5.47. The lowest BCUT2D eigenvalue weighted by Gasteiger charge is -2.03. The number of hydrogen-bond acceptors (Lipinski definition) is 8. The van der Waals surface area contributed by atoms with E-state index in [0.29, 0.717) is 28.5 Å². The van der Waals surface area contributed by atoms with E-state index in [1.807, 2.05) is 30.3 Å². The molecule has 0 saturated heterocycles. The van der Waals surface area contributed by atoms with Crippen LogP contribution >= 0.6 is 23.1 Å². The maximum atomic E-state index is 6.32. The predicted octanol–water partition coefficient (Wildman–Crippen LogP) is 4.88. The molecular formula is C20H19N5OS2. The average molecular weight is 410 g/mol. The minimum absolute atomic E-state index is 0.503. The van der Waals surface area contributed by atoms with E-state index >= 15 is 0 Å². The number of aryl methyl sites for hydroxylation is 2. The number of rotatable bonds is 4. The molecule has 3 heterocycles. The monoisotopic (exact) mass is 409 g/mol. The maximum absolute atomic E-state index is 6.32. The van der Waals surface area contributed by atoms with Crippen LogP contribution in [0.2, 0.25) is 0 Å². The zero-order valence-electron chi connectivity index (χ0n) is 15.2. The number of nitrogen functional groups attached to an aromatic ring is 1. The summed E-state index contributed by atoms with van der Waals surface area (Å²) in [6, 6.07) is 9.74. The van der Waals surface area contributed by atoms with Crippen LogP contribution in [0.15, 0.2) is 40.0 Å². The standard InChI is InChI=1S/C20H19N5OS2/c21-17-16-13-9-5-2-6-10-14(13)28-19(16)23-15(22-17)11-27-20-25-24-18(26-20)12-7-3-1-4-8-12/h1,3-4,7-8H,2,5-6,9-11H2,(H2,21,22,23). The van der Waals surface area contributed by atoms with Crippen molar-refractivity contribution in [1.82, 2.24) is 20.2 Å². The highest BCUT2D eigenvalue weighted by Gasteiger charge is 2.19. The van der Waals surface area contributed by atoms with Crippen molar-refractivity contribution in [2.75, 3.05) is 5.73 Å². The van der Waals surface area contributed by atoms with Crippen LogP contribution in [-0.2, 0) is 18.6 Å². The molecule has 0 radical (unpaired) electrons. The second-order valence-electron chi connectivity index (χ2n) is 6.80.